The molecule has 4 rings (SSSR count). The van der Waals surface area contributed by atoms with E-state index in [1.165, 1.54) is 49.7 Å². The highest BCUT2D eigenvalue weighted by molar-refractivity contribution is 6.10. The molecule has 0 amide bonds. The molecule has 0 N–H and O–H groups in total. The lowest BCUT2D eigenvalue weighted by Gasteiger charge is -2.14. The summed E-state index contributed by atoms with van der Waals surface area (Å²) >= 11 is 0. The fourth-order valence-corrected chi connectivity index (χ4v) is 3.41. The van der Waals surface area contributed by atoms with Gasteiger partial charge in [0, 0.05) is 0 Å². The van der Waals surface area contributed by atoms with E-state index in [4.69, 9.17) is 0 Å². The highest BCUT2D eigenvalue weighted by atomic mass is 14.2. The summed E-state index contributed by atoms with van der Waals surface area (Å²) in [6, 6.07) is 17.7. The topological polar surface area (TPSA) is 0 Å². The second-order valence-electron chi connectivity index (χ2n) is 6.04. The Balaban J connectivity index is 2.24. The monoisotopic (exact) mass is 282 g/mol. The maximum absolute atomic E-state index is 4.04. The summed E-state index contributed by atoms with van der Waals surface area (Å²) in [6.07, 6.45) is 4.23. The molecule has 0 heteroatoms. The number of hydrogen-bond donors (Lipinski definition) is 0. The Labute approximate surface area is 131 Å². The van der Waals surface area contributed by atoms with Crippen LogP contribution in [0.2, 0.25) is 0 Å². The normalized spacial score (nSPS) is 12.5. The van der Waals surface area contributed by atoms with Gasteiger partial charge >= 0.3 is 0 Å². The Morgan fingerprint density at radius 1 is 0.818 bits per heavy atom. The van der Waals surface area contributed by atoms with Gasteiger partial charge in [0.1, 0.15) is 0 Å². The molecule has 3 aromatic carbocycles. The van der Waals surface area contributed by atoms with Crippen molar-refractivity contribution in [2.45, 2.75) is 13.8 Å². The van der Waals surface area contributed by atoms with Gasteiger partial charge in [0.05, 0.1) is 0 Å². The van der Waals surface area contributed by atoms with Gasteiger partial charge in [-0.05, 0) is 69.6 Å². The molecule has 22 heavy (non-hydrogen) atoms. The molecule has 0 aliphatic heterocycles. The van der Waals surface area contributed by atoms with Crippen molar-refractivity contribution in [2.75, 3.05) is 0 Å². The lowest BCUT2D eigenvalue weighted by atomic mass is 9.90. The number of aryl methyl sites for hydroxylation is 2. The van der Waals surface area contributed by atoms with Crippen molar-refractivity contribution in [2.24, 2.45) is 0 Å². The maximum atomic E-state index is 4.04. The van der Waals surface area contributed by atoms with E-state index in [0.29, 0.717) is 0 Å². The first-order valence-electron chi connectivity index (χ1n) is 7.67. The van der Waals surface area contributed by atoms with E-state index in [1.807, 2.05) is 6.08 Å². The number of allylic oxidation sites excluding steroid dienone is 2. The zero-order valence-corrected chi connectivity index (χ0v) is 13.0. The summed E-state index contributed by atoms with van der Waals surface area (Å²) in [5.41, 5.74) is 9.03. The minimum atomic E-state index is 1.20. The van der Waals surface area contributed by atoms with E-state index in [2.05, 4.69) is 75.0 Å². The fourth-order valence-electron chi connectivity index (χ4n) is 3.41. The molecule has 1 aliphatic rings. The van der Waals surface area contributed by atoms with Gasteiger partial charge in [0.15, 0.2) is 0 Å². The second kappa shape index (κ2) is 4.71. The molecule has 1 aliphatic carbocycles. The van der Waals surface area contributed by atoms with Crippen LogP contribution in [-0.4, -0.2) is 0 Å². The highest BCUT2D eigenvalue weighted by Crippen LogP contribution is 2.41. The van der Waals surface area contributed by atoms with Gasteiger partial charge in [-0.25, -0.2) is 0 Å². The van der Waals surface area contributed by atoms with Crippen molar-refractivity contribution in [3.8, 4) is 11.1 Å². The van der Waals surface area contributed by atoms with Crippen LogP contribution in [0.5, 0.6) is 0 Å². The van der Waals surface area contributed by atoms with Gasteiger partial charge in [-0.2, -0.15) is 0 Å². The molecular formula is C22H18. The van der Waals surface area contributed by atoms with Gasteiger partial charge in [-0.3, -0.25) is 0 Å². The number of fused-ring (bicyclic) bond motifs is 2. The second-order valence-corrected chi connectivity index (χ2v) is 6.04. The van der Waals surface area contributed by atoms with Crippen LogP contribution >= 0.6 is 0 Å². The summed E-state index contributed by atoms with van der Waals surface area (Å²) in [4.78, 5) is 0. The molecule has 0 nitrogen and oxygen atoms in total. The van der Waals surface area contributed by atoms with Crippen molar-refractivity contribution in [3.63, 3.8) is 0 Å². The number of rotatable bonds is 1. The lowest BCUT2D eigenvalue weighted by Crippen LogP contribution is -1.91. The van der Waals surface area contributed by atoms with E-state index in [9.17, 15) is 0 Å². The molecule has 0 fully saturated rings. The lowest BCUT2D eigenvalue weighted by molar-refractivity contribution is 1.33. The molecule has 0 atom stereocenters. The SMILES string of the molecule is C=CC1=Cc2cccc3cccc(c23)-c2cc(C)c(C)cc21. The first-order valence-corrected chi connectivity index (χ1v) is 7.67. The van der Waals surface area contributed by atoms with Crippen LogP contribution < -0.4 is 0 Å². The third kappa shape index (κ3) is 1.77. The van der Waals surface area contributed by atoms with Crippen molar-refractivity contribution in [3.05, 3.63) is 83.4 Å². The Bertz CT molecular complexity index is 950. The highest BCUT2D eigenvalue weighted by Gasteiger charge is 2.17. The molecule has 0 aromatic heterocycles. The molecule has 0 heterocycles. The summed E-state index contributed by atoms with van der Waals surface area (Å²) in [5.74, 6) is 0. The smallest absolute Gasteiger partial charge is 0.00324 e. The predicted molar refractivity (Wildman–Crippen MR) is 96.9 cm³/mol. The average molecular weight is 282 g/mol. The standard InChI is InChI=1S/C22H18/c1-4-16-13-18-9-5-7-17-8-6-10-19(22(17)18)21-12-15(3)14(2)11-20(16)21/h4-13H,1H2,2-3H3. The summed E-state index contributed by atoms with van der Waals surface area (Å²) in [5, 5.41) is 2.63. The van der Waals surface area contributed by atoms with Gasteiger partial charge in [-0.1, -0.05) is 61.2 Å². The van der Waals surface area contributed by atoms with Crippen LogP contribution in [0.1, 0.15) is 22.3 Å². The van der Waals surface area contributed by atoms with Crippen molar-refractivity contribution in [1.29, 1.82) is 0 Å². The Kier molecular flexibility index (Phi) is 2.80. The first-order chi connectivity index (χ1) is 10.7. The van der Waals surface area contributed by atoms with Gasteiger partial charge in [0.2, 0.25) is 0 Å². The molecule has 3 aromatic rings. The van der Waals surface area contributed by atoms with Crippen LogP contribution in [0.4, 0.5) is 0 Å². The van der Waals surface area contributed by atoms with Crippen LogP contribution in [0, 0.1) is 13.8 Å². The summed E-state index contributed by atoms with van der Waals surface area (Å²) in [6.45, 7) is 8.40. The van der Waals surface area contributed by atoms with Crippen molar-refractivity contribution in [1.82, 2.24) is 0 Å². The minimum absolute atomic E-state index is 1.20. The third-order valence-electron chi connectivity index (χ3n) is 4.70. The minimum Gasteiger partial charge on any atom is -0.0984 e. The van der Waals surface area contributed by atoms with Crippen LogP contribution in [0.15, 0.2) is 61.2 Å². The third-order valence-corrected chi connectivity index (χ3v) is 4.70. The molecule has 0 spiro atoms. The zero-order valence-electron chi connectivity index (χ0n) is 13.0. The summed E-state index contributed by atoms with van der Waals surface area (Å²) < 4.78 is 0. The van der Waals surface area contributed by atoms with E-state index < -0.39 is 0 Å². The Morgan fingerprint density at radius 3 is 2.23 bits per heavy atom. The number of hydrogen-bond acceptors (Lipinski definition) is 0. The van der Waals surface area contributed by atoms with Crippen LogP contribution in [-0.2, 0) is 0 Å². The Morgan fingerprint density at radius 2 is 1.50 bits per heavy atom. The molecule has 0 radical (unpaired) electrons. The fraction of sp³-hybridized carbons (Fsp3) is 0.0909. The van der Waals surface area contributed by atoms with Crippen LogP contribution in [0.3, 0.4) is 0 Å². The molecule has 0 bridgehead atoms. The van der Waals surface area contributed by atoms with Gasteiger partial charge in [0.25, 0.3) is 0 Å². The molecule has 0 saturated carbocycles. The van der Waals surface area contributed by atoms with Gasteiger partial charge in [-0.15, -0.1) is 0 Å². The Hall–Kier alpha value is -2.60. The number of benzene rings is 3. The maximum Gasteiger partial charge on any atom is -0.00324 e. The summed E-state index contributed by atoms with van der Waals surface area (Å²) in [7, 11) is 0. The molecule has 0 unspecified atom stereocenters. The van der Waals surface area contributed by atoms with E-state index >= 15 is 0 Å². The molecule has 0 saturated heterocycles. The molecule has 106 valence electrons. The quantitative estimate of drug-likeness (QED) is 0.501. The van der Waals surface area contributed by atoms with E-state index in [1.54, 1.807) is 0 Å². The van der Waals surface area contributed by atoms with E-state index in [-0.39, 0.29) is 0 Å². The van der Waals surface area contributed by atoms with E-state index in [0.717, 1.165) is 0 Å². The van der Waals surface area contributed by atoms with Gasteiger partial charge < -0.3 is 0 Å². The average Bonchev–Trinajstić information content (AvgIpc) is 2.66. The predicted octanol–water partition coefficient (Wildman–Crippen LogP) is 6.16. The largest absolute Gasteiger partial charge is 0.0984 e. The molecular weight excluding hydrogens is 264 g/mol. The van der Waals surface area contributed by atoms with Crippen molar-refractivity contribution < 1.29 is 0 Å². The zero-order chi connectivity index (χ0) is 15.3. The van der Waals surface area contributed by atoms with Crippen molar-refractivity contribution >= 4 is 22.4 Å². The first kappa shape index (κ1) is 13.1. The van der Waals surface area contributed by atoms with Crippen LogP contribution in [0.25, 0.3) is 33.5 Å².